The van der Waals surface area contributed by atoms with Gasteiger partial charge in [-0.05, 0) is 18.2 Å². The summed E-state index contributed by atoms with van der Waals surface area (Å²) in [5.41, 5.74) is 1.31. The molecule has 4 nitrogen and oxygen atoms in total. The Hall–Kier alpha value is -2.01. The molecule has 0 aliphatic rings. The number of pyridine rings is 1. The van der Waals surface area contributed by atoms with Crippen LogP contribution in [0.2, 0.25) is 5.02 Å². The van der Waals surface area contributed by atoms with E-state index in [-0.39, 0.29) is 5.82 Å². The highest BCUT2D eigenvalue weighted by Crippen LogP contribution is 2.19. The largest absolute Gasteiger partial charge is 0.234 e. The van der Waals surface area contributed by atoms with E-state index in [0.717, 1.165) is 0 Å². The number of para-hydroxylation sites is 1. The predicted octanol–water partition coefficient (Wildman–Crippen LogP) is 2.61. The predicted molar refractivity (Wildman–Crippen MR) is 61.6 cm³/mol. The van der Waals surface area contributed by atoms with Crippen LogP contribution in [0.25, 0.3) is 16.9 Å². The average molecular weight is 249 g/mol. The zero-order valence-corrected chi connectivity index (χ0v) is 9.26. The molecule has 2 aromatic heterocycles. The molecule has 84 valence electrons. The number of hydrogen-bond acceptors (Lipinski definition) is 3. The lowest BCUT2D eigenvalue weighted by molar-refractivity contribution is 0.609. The molecule has 17 heavy (non-hydrogen) atoms. The molecular formula is C11H6ClFN4. The van der Waals surface area contributed by atoms with Gasteiger partial charge in [0.15, 0.2) is 5.65 Å². The second-order valence-electron chi connectivity index (χ2n) is 3.45. The van der Waals surface area contributed by atoms with Crippen molar-refractivity contribution in [2.75, 3.05) is 0 Å². The van der Waals surface area contributed by atoms with Gasteiger partial charge in [-0.25, -0.2) is 9.37 Å². The van der Waals surface area contributed by atoms with Gasteiger partial charge >= 0.3 is 0 Å². The Labute approximate surface area is 101 Å². The van der Waals surface area contributed by atoms with Crippen molar-refractivity contribution in [1.29, 1.82) is 0 Å². The third-order valence-corrected chi connectivity index (χ3v) is 2.54. The molecule has 2 heterocycles. The fraction of sp³-hybridized carbons (Fsp3) is 0. The molecule has 0 bridgehead atoms. The van der Waals surface area contributed by atoms with Gasteiger partial charge in [0.25, 0.3) is 0 Å². The number of hydrogen-bond donors (Lipinski definition) is 0. The maximum absolute atomic E-state index is 13.6. The number of nitrogens with zero attached hydrogens (tertiary/aromatic N) is 4. The Balaban J connectivity index is 2.29. The van der Waals surface area contributed by atoms with Crippen molar-refractivity contribution in [1.82, 2.24) is 20.0 Å². The minimum absolute atomic E-state index is 0.310. The number of aromatic nitrogens is 4. The van der Waals surface area contributed by atoms with Gasteiger partial charge in [0, 0.05) is 6.20 Å². The lowest BCUT2D eigenvalue weighted by Crippen LogP contribution is -2.00. The van der Waals surface area contributed by atoms with E-state index in [9.17, 15) is 4.39 Å². The van der Waals surface area contributed by atoms with Gasteiger partial charge in [-0.15, -0.1) is 5.10 Å². The van der Waals surface area contributed by atoms with Crippen molar-refractivity contribution in [2.45, 2.75) is 0 Å². The van der Waals surface area contributed by atoms with Crippen molar-refractivity contribution in [3.05, 3.63) is 47.4 Å². The van der Waals surface area contributed by atoms with Gasteiger partial charge in [-0.3, -0.25) is 0 Å². The van der Waals surface area contributed by atoms with E-state index in [2.05, 4.69) is 15.3 Å². The smallest absolute Gasteiger partial charge is 0.183 e. The minimum atomic E-state index is -0.379. The first kappa shape index (κ1) is 10.2. The van der Waals surface area contributed by atoms with Crippen LogP contribution in [0.15, 0.2) is 36.5 Å². The Morgan fingerprint density at radius 3 is 2.88 bits per heavy atom. The Morgan fingerprint density at radius 2 is 2.06 bits per heavy atom. The van der Waals surface area contributed by atoms with Crippen molar-refractivity contribution >= 4 is 22.8 Å². The fourth-order valence-electron chi connectivity index (χ4n) is 1.58. The summed E-state index contributed by atoms with van der Waals surface area (Å²) >= 11 is 5.79. The summed E-state index contributed by atoms with van der Waals surface area (Å²) in [6.45, 7) is 0. The van der Waals surface area contributed by atoms with Gasteiger partial charge in [0.05, 0.1) is 5.02 Å². The number of rotatable bonds is 1. The molecule has 0 radical (unpaired) electrons. The van der Waals surface area contributed by atoms with Crippen LogP contribution in [0.5, 0.6) is 0 Å². The van der Waals surface area contributed by atoms with E-state index in [0.29, 0.717) is 21.9 Å². The molecule has 0 saturated carbocycles. The first-order valence-corrected chi connectivity index (χ1v) is 5.25. The van der Waals surface area contributed by atoms with E-state index in [1.165, 1.54) is 16.9 Å². The molecule has 0 aliphatic heterocycles. The molecule has 3 rings (SSSR count). The first-order chi connectivity index (χ1) is 8.25. The van der Waals surface area contributed by atoms with Crippen LogP contribution < -0.4 is 0 Å². The molecule has 0 spiro atoms. The number of benzene rings is 1. The van der Waals surface area contributed by atoms with E-state index < -0.39 is 0 Å². The average Bonchev–Trinajstić information content (AvgIpc) is 2.72. The van der Waals surface area contributed by atoms with Crippen LogP contribution in [0.1, 0.15) is 0 Å². The maximum atomic E-state index is 13.6. The lowest BCUT2D eigenvalue weighted by Gasteiger charge is -2.01. The van der Waals surface area contributed by atoms with E-state index >= 15 is 0 Å². The summed E-state index contributed by atoms with van der Waals surface area (Å²) in [6.07, 6.45) is 1.48. The van der Waals surface area contributed by atoms with Crippen molar-refractivity contribution in [3.8, 4) is 5.69 Å². The zero-order valence-electron chi connectivity index (χ0n) is 8.51. The summed E-state index contributed by atoms with van der Waals surface area (Å²) in [5.74, 6) is -0.379. The molecule has 0 N–H and O–H groups in total. The molecule has 0 saturated heterocycles. The summed E-state index contributed by atoms with van der Waals surface area (Å²) in [5, 5.41) is 8.24. The van der Waals surface area contributed by atoms with Crippen LogP contribution in [0, 0.1) is 5.82 Å². The summed E-state index contributed by atoms with van der Waals surface area (Å²) in [7, 11) is 0. The highest BCUT2D eigenvalue weighted by molar-refractivity contribution is 6.31. The first-order valence-electron chi connectivity index (χ1n) is 4.87. The van der Waals surface area contributed by atoms with Crippen molar-refractivity contribution in [3.63, 3.8) is 0 Å². The molecule has 0 atom stereocenters. The number of fused-ring (bicyclic) bond motifs is 1. The van der Waals surface area contributed by atoms with Crippen LogP contribution in [0.4, 0.5) is 4.39 Å². The molecule has 1 aromatic carbocycles. The summed E-state index contributed by atoms with van der Waals surface area (Å²) < 4.78 is 15.0. The van der Waals surface area contributed by atoms with Crippen LogP contribution >= 0.6 is 11.6 Å². The van der Waals surface area contributed by atoms with Crippen LogP contribution in [-0.2, 0) is 0 Å². The quantitative estimate of drug-likeness (QED) is 0.665. The highest BCUT2D eigenvalue weighted by Gasteiger charge is 2.11. The van der Waals surface area contributed by atoms with E-state index in [1.54, 1.807) is 24.3 Å². The van der Waals surface area contributed by atoms with Gasteiger partial charge in [0.1, 0.15) is 17.0 Å². The third-order valence-electron chi connectivity index (χ3n) is 2.34. The van der Waals surface area contributed by atoms with Gasteiger partial charge < -0.3 is 0 Å². The third kappa shape index (κ3) is 1.64. The monoisotopic (exact) mass is 248 g/mol. The molecular weight excluding hydrogens is 243 g/mol. The van der Waals surface area contributed by atoms with Gasteiger partial charge in [-0.2, -0.15) is 4.68 Å². The Morgan fingerprint density at radius 1 is 1.24 bits per heavy atom. The summed E-state index contributed by atoms with van der Waals surface area (Å²) in [6, 6.07) is 7.94. The summed E-state index contributed by atoms with van der Waals surface area (Å²) in [4.78, 5) is 4.10. The second kappa shape index (κ2) is 3.78. The molecule has 3 aromatic rings. The van der Waals surface area contributed by atoms with Crippen molar-refractivity contribution in [2.24, 2.45) is 0 Å². The molecule has 0 amide bonds. The Bertz CT molecular complexity index is 695. The van der Waals surface area contributed by atoms with Crippen molar-refractivity contribution < 1.29 is 4.39 Å². The molecule has 0 aliphatic carbocycles. The molecule has 6 heteroatoms. The molecule has 0 unspecified atom stereocenters. The zero-order chi connectivity index (χ0) is 11.8. The standard InChI is InChI=1S/C11H6ClFN4/c12-7-5-9-11(14-6-7)17(16-15-9)10-4-2-1-3-8(10)13/h1-6H. The SMILES string of the molecule is Fc1ccccc1-n1nnc2cc(Cl)cnc21. The van der Waals surface area contributed by atoms with E-state index in [4.69, 9.17) is 11.6 Å². The molecule has 0 fully saturated rings. The number of halogens is 2. The highest BCUT2D eigenvalue weighted by atomic mass is 35.5. The van der Waals surface area contributed by atoms with Crippen LogP contribution in [-0.4, -0.2) is 20.0 Å². The van der Waals surface area contributed by atoms with Gasteiger partial charge in [0.2, 0.25) is 0 Å². The lowest BCUT2D eigenvalue weighted by atomic mass is 10.3. The van der Waals surface area contributed by atoms with Gasteiger partial charge in [-0.1, -0.05) is 28.9 Å². The van der Waals surface area contributed by atoms with E-state index in [1.807, 2.05) is 0 Å². The minimum Gasteiger partial charge on any atom is -0.234 e. The normalized spacial score (nSPS) is 10.9. The second-order valence-corrected chi connectivity index (χ2v) is 3.89. The van der Waals surface area contributed by atoms with Crippen LogP contribution in [0.3, 0.4) is 0 Å². The maximum Gasteiger partial charge on any atom is 0.183 e. The Kier molecular flexibility index (Phi) is 2.26. The topological polar surface area (TPSA) is 43.6 Å². The fourth-order valence-corrected chi connectivity index (χ4v) is 1.73.